The van der Waals surface area contributed by atoms with Crippen LogP contribution in [-0.4, -0.2) is 38.2 Å². The van der Waals surface area contributed by atoms with E-state index in [1.54, 1.807) is 25.3 Å². The third-order valence-electron chi connectivity index (χ3n) is 4.23. The lowest BCUT2D eigenvalue weighted by molar-refractivity contribution is -0.125. The second-order valence-corrected chi connectivity index (χ2v) is 6.20. The van der Waals surface area contributed by atoms with Gasteiger partial charge in [0.2, 0.25) is 5.91 Å². The zero-order chi connectivity index (χ0) is 18.2. The number of ether oxygens (including phenoxy) is 2. The highest BCUT2D eigenvalue weighted by molar-refractivity contribution is 5.95. The van der Waals surface area contributed by atoms with Gasteiger partial charge in [0, 0.05) is 12.6 Å². The Hall–Kier alpha value is -2.44. The molecule has 0 unspecified atom stereocenters. The van der Waals surface area contributed by atoms with Gasteiger partial charge in [-0.2, -0.15) is 0 Å². The number of unbranched alkanes of at least 4 members (excludes halogenated alkanes) is 1. The summed E-state index contributed by atoms with van der Waals surface area (Å²) in [5.74, 6) is 1.12. The van der Waals surface area contributed by atoms with Gasteiger partial charge in [0.1, 0.15) is 17.5 Å². The number of benzene rings is 1. The predicted molar refractivity (Wildman–Crippen MR) is 96.1 cm³/mol. The minimum atomic E-state index is -0.538. The summed E-state index contributed by atoms with van der Waals surface area (Å²) in [7, 11) is 1.56. The van der Waals surface area contributed by atoms with E-state index in [9.17, 15) is 9.59 Å². The number of hydrogen-bond acceptors (Lipinski definition) is 4. The third kappa shape index (κ3) is 5.27. The van der Waals surface area contributed by atoms with Crippen LogP contribution in [0.15, 0.2) is 18.2 Å². The maximum Gasteiger partial charge on any atom is 0.320 e. The minimum absolute atomic E-state index is 0.0880. The minimum Gasteiger partial charge on any atom is -0.497 e. The van der Waals surface area contributed by atoms with E-state index >= 15 is 0 Å². The fraction of sp³-hybridized carbons (Fsp3) is 0.556. The average molecular weight is 349 g/mol. The molecule has 3 N–H and O–H groups in total. The van der Waals surface area contributed by atoms with E-state index in [1.165, 1.54) is 0 Å². The summed E-state index contributed by atoms with van der Waals surface area (Å²) in [6, 6.07) is 4.26. The monoisotopic (exact) mass is 349 g/mol. The molecule has 1 aromatic rings. The van der Waals surface area contributed by atoms with Crippen LogP contribution in [0.2, 0.25) is 0 Å². The molecule has 7 nitrogen and oxygen atoms in total. The molecule has 0 bridgehead atoms. The Kier molecular flexibility index (Phi) is 6.91. The van der Waals surface area contributed by atoms with Gasteiger partial charge >= 0.3 is 6.03 Å². The summed E-state index contributed by atoms with van der Waals surface area (Å²) in [6.07, 6.45) is 2.78. The molecule has 0 saturated carbocycles. The zero-order valence-corrected chi connectivity index (χ0v) is 15.1. The molecule has 25 heavy (non-hydrogen) atoms. The molecule has 2 atom stereocenters. The predicted octanol–water partition coefficient (Wildman–Crippen LogP) is 2.52. The number of nitrogens with one attached hydrogen (secondary N) is 3. The van der Waals surface area contributed by atoms with Crippen molar-refractivity contribution in [2.45, 2.75) is 39.2 Å². The Morgan fingerprint density at radius 1 is 1.40 bits per heavy atom. The Morgan fingerprint density at radius 3 is 2.88 bits per heavy atom. The van der Waals surface area contributed by atoms with Crippen LogP contribution in [0.3, 0.4) is 0 Å². The number of hydrogen-bond donors (Lipinski definition) is 3. The number of carbonyl (C=O) groups is 2. The lowest BCUT2D eigenvalue weighted by Crippen LogP contribution is -2.55. The van der Waals surface area contributed by atoms with Gasteiger partial charge in [0.15, 0.2) is 0 Å². The number of rotatable bonds is 7. The van der Waals surface area contributed by atoms with Crippen molar-refractivity contribution in [3.05, 3.63) is 18.2 Å². The molecular formula is C18H27N3O4. The van der Waals surface area contributed by atoms with Gasteiger partial charge in [-0.25, -0.2) is 4.79 Å². The van der Waals surface area contributed by atoms with Gasteiger partial charge in [-0.05, 0) is 30.9 Å². The smallest absolute Gasteiger partial charge is 0.320 e. The van der Waals surface area contributed by atoms with E-state index in [1.807, 2.05) is 6.92 Å². The summed E-state index contributed by atoms with van der Waals surface area (Å²) in [5, 5.41) is 8.28. The van der Waals surface area contributed by atoms with Crippen LogP contribution in [0.4, 0.5) is 10.5 Å². The maximum atomic E-state index is 12.4. The molecule has 1 fully saturated rings. The van der Waals surface area contributed by atoms with Gasteiger partial charge in [0.25, 0.3) is 0 Å². The van der Waals surface area contributed by atoms with E-state index < -0.39 is 12.1 Å². The highest BCUT2D eigenvalue weighted by Crippen LogP contribution is 2.29. The maximum absolute atomic E-state index is 12.4. The second kappa shape index (κ2) is 9.15. The molecule has 0 aromatic heterocycles. The molecule has 138 valence electrons. The van der Waals surface area contributed by atoms with Crippen LogP contribution in [0.1, 0.15) is 33.1 Å². The number of piperidine rings is 1. The molecule has 0 aliphatic carbocycles. The van der Waals surface area contributed by atoms with Crippen molar-refractivity contribution in [3.8, 4) is 11.5 Å². The highest BCUT2D eigenvalue weighted by Gasteiger charge is 2.30. The largest absolute Gasteiger partial charge is 0.497 e. The number of urea groups is 1. The number of anilines is 1. The van der Waals surface area contributed by atoms with Crippen molar-refractivity contribution in [2.75, 3.05) is 25.6 Å². The van der Waals surface area contributed by atoms with Crippen molar-refractivity contribution < 1.29 is 19.1 Å². The molecule has 2 rings (SSSR count). The van der Waals surface area contributed by atoms with E-state index in [-0.39, 0.29) is 11.8 Å². The van der Waals surface area contributed by atoms with Crippen molar-refractivity contribution >= 4 is 17.6 Å². The Labute approximate surface area is 148 Å². The van der Waals surface area contributed by atoms with Gasteiger partial charge in [0.05, 0.1) is 19.4 Å². The topological polar surface area (TPSA) is 88.7 Å². The SMILES string of the molecule is CCCCOc1ccc(OC)cc1NC(=O)N[C@@H]1C(=O)NCC[C@@H]1C. The van der Waals surface area contributed by atoms with Crippen LogP contribution in [0, 0.1) is 5.92 Å². The van der Waals surface area contributed by atoms with Crippen LogP contribution >= 0.6 is 0 Å². The fourth-order valence-electron chi connectivity index (χ4n) is 2.65. The van der Waals surface area contributed by atoms with Gasteiger partial charge in [-0.3, -0.25) is 4.79 Å². The first kappa shape index (κ1) is 18.9. The first-order chi connectivity index (χ1) is 12.0. The van der Waals surface area contributed by atoms with E-state index in [2.05, 4.69) is 22.9 Å². The van der Waals surface area contributed by atoms with Crippen molar-refractivity contribution in [2.24, 2.45) is 5.92 Å². The number of carbonyl (C=O) groups excluding carboxylic acids is 2. The molecule has 1 heterocycles. The van der Waals surface area contributed by atoms with Gasteiger partial charge < -0.3 is 25.4 Å². The van der Waals surface area contributed by atoms with Crippen molar-refractivity contribution in [1.82, 2.24) is 10.6 Å². The molecule has 7 heteroatoms. The van der Waals surface area contributed by atoms with Crippen LogP contribution < -0.4 is 25.4 Å². The van der Waals surface area contributed by atoms with E-state index in [0.29, 0.717) is 30.3 Å². The fourth-order valence-corrected chi connectivity index (χ4v) is 2.65. The number of methoxy groups -OCH3 is 1. The second-order valence-electron chi connectivity index (χ2n) is 6.20. The first-order valence-electron chi connectivity index (χ1n) is 8.71. The molecule has 1 aliphatic rings. The molecule has 3 amide bonds. The Balaban J connectivity index is 2.05. The van der Waals surface area contributed by atoms with Gasteiger partial charge in [-0.1, -0.05) is 20.3 Å². The lowest BCUT2D eigenvalue weighted by Gasteiger charge is -2.29. The summed E-state index contributed by atoms with van der Waals surface area (Å²) in [5.41, 5.74) is 0.511. The summed E-state index contributed by atoms with van der Waals surface area (Å²) < 4.78 is 10.9. The van der Waals surface area contributed by atoms with Crippen molar-refractivity contribution in [1.29, 1.82) is 0 Å². The number of amides is 3. The normalized spacial score (nSPS) is 19.7. The molecule has 1 aliphatic heterocycles. The highest BCUT2D eigenvalue weighted by atomic mass is 16.5. The standard InChI is InChI=1S/C18H27N3O4/c1-4-5-10-25-15-7-6-13(24-3)11-14(15)20-18(23)21-16-12(2)8-9-19-17(16)22/h6-7,11-12,16H,4-5,8-10H2,1-3H3,(H,19,22)(H2,20,21,23)/t12-,16-/m0/s1. The lowest BCUT2D eigenvalue weighted by atomic mass is 9.94. The molecule has 1 saturated heterocycles. The Bertz CT molecular complexity index is 606. The van der Waals surface area contributed by atoms with Crippen LogP contribution in [0.25, 0.3) is 0 Å². The molecule has 1 aromatic carbocycles. The summed E-state index contributed by atoms with van der Waals surface area (Å²) in [4.78, 5) is 24.3. The molecule has 0 spiro atoms. The van der Waals surface area contributed by atoms with Gasteiger partial charge in [-0.15, -0.1) is 0 Å². The molecule has 0 radical (unpaired) electrons. The Morgan fingerprint density at radius 2 is 2.20 bits per heavy atom. The zero-order valence-electron chi connectivity index (χ0n) is 15.1. The average Bonchev–Trinajstić information content (AvgIpc) is 2.59. The molecular weight excluding hydrogens is 322 g/mol. The quantitative estimate of drug-likeness (QED) is 0.660. The summed E-state index contributed by atoms with van der Waals surface area (Å²) in [6.45, 7) is 5.25. The third-order valence-corrected chi connectivity index (χ3v) is 4.23. The van der Waals surface area contributed by atoms with Crippen LogP contribution in [-0.2, 0) is 4.79 Å². The first-order valence-corrected chi connectivity index (χ1v) is 8.71. The van der Waals surface area contributed by atoms with E-state index in [0.717, 1.165) is 19.3 Å². The van der Waals surface area contributed by atoms with Crippen LogP contribution in [0.5, 0.6) is 11.5 Å². The van der Waals surface area contributed by atoms with Crippen molar-refractivity contribution in [3.63, 3.8) is 0 Å². The summed E-state index contributed by atoms with van der Waals surface area (Å²) >= 11 is 0. The van der Waals surface area contributed by atoms with E-state index in [4.69, 9.17) is 9.47 Å².